The topological polar surface area (TPSA) is 55.1 Å². The number of nitrogens with zero attached hydrogens (tertiary/aromatic N) is 2. The smallest absolute Gasteiger partial charge is 0.161 e. The molecule has 0 radical (unpaired) electrons. The van der Waals surface area contributed by atoms with Gasteiger partial charge in [-0.1, -0.05) is 66.2 Å². The van der Waals surface area contributed by atoms with Crippen LogP contribution in [0.1, 0.15) is 11.1 Å². The summed E-state index contributed by atoms with van der Waals surface area (Å²) >= 11 is 7.86. The Bertz CT molecular complexity index is 1320. The van der Waals surface area contributed by atoms with Crippen molar-refractivity contribution < 1.29 is 9.47 Å². The second kappa shape index (κ2) is 10.4. The van der Waals surface area contributed by atoms with Gasteiger partial charge in [-0.05, 0) is 35.4 Å². The molecule has 0 spiro atoms. The number of hydrogen-bond donors (Lipinski definition) is 0. The van der Waals surface area contributed by atoms with Gasteiger partial charge in [-0.2, -0.15) is 5.26 Å². The maximum Gasteiger partial charge on any atom is 0.161 e. The van der Waals surface area contributed by atoms with Crippen molar-refractivity contribution in [1.82, 2.24) is 4.98 Å². The van der Waals surface area contributed by atoms with Crippen LogP contribution in [0.3, 0.4) is 0 Å². The Morgan fingerprint density at radius 2 is 1.61 bits per heavy atom. The van der Waals surface area contributed by atoms with E-state index in [1.54, 1.807) is 14.2 Å². The minimum atomic E-state index is 0.513. The van der Waals surface area contributed by atoms with Crippen molar-refractivity contribution >= 4 is 23.4 Å². The molecule has 0 saturated heterocycles. The molecule has 1 aromatic heterocycles. The maximum atomic E-state index is 10.1. The third-order valence-electron chi connectivity index (χ3n) is 5.18. The number of rotatable bonds is 7. The molecule has 0 aliphatic rings. The zero-order valence-corrected chi connectivity index (χ0v) is 19.8. The summed E-state index contributed by atoms with van der Waals surface area (Å²) in [5.74, 6) is 1.83. The van der Waals surface area contributed by atoms with Crippen LogP contribution in [0, 0.1) is 11.3 Å². The zero-order valence-electron chi connectivity index (χ0n) is 18.2. The first kappa shape index (κ1) is 22.7. The summed E-state index contributed by atoms with van der Waals surface area (Å²) in [6.45, 7) is 0. The van der Waals surface area contributed by atoms with Crippen molar-refractivity contribution in [2.75, 3.05) is 14.2 Å². The summed E-state index contributed by atoms with van der Waals surface area (Å²) in [6.07, 6.45) is 0. The number of pyridine rings is 1. The SMILES string of the molecule is COc1ccc(-c2cc(-c3ccccc3)nc(SCc3ccccc3Cl)c2C#N)cc1OC. The van der Waals surface area contributed by atoms with Gasteiger partial charge < -0.3 is 9.47 Å². The lowest BCUT2D eigenvalue weighted by Gasteiger charge is -2.14. The van der Waals surface area contributed by atoms with Gasteiger partial charge in [0.1, 0.15) is 11.1 Å². The lowest BCUT2D eigenvalue weighted by molar-refractivity contribution is 0.355. The first-order chi connectivity index (χ1) is 16.1. The summed E-state index contributed by atoms with van der Waals surface area (Å²) in [4.78, 5) is 4.86. The fourth-order valence-corrected chi connectivity index (χ4v) is 4.77. The van der Waals surface area contributed by atoms with E-state index in [1.165, 1.54) is 11.8 Å². The first-order valence-corrected chi connectivity index (χ1v) is 11.6. The van der Waals surface area contributed by atoms with Gasteiger partial charge in [-0.25, -0.2) is 4.98 Å². The van der Waals surface area contributed by atoms with E-state index in [4.69, 9.17) is 26.1 Å². The van der Waals surface area contributed by atoms with Crippen molar-refractivity contribution in [3.8, 4) is 40.0 Å². The number of aromatic nitrogens is 1. The number of nitriles is 1. The van der Waals surface area contributed by atoms with E-state index < -0.39 is 0 Å². The zero-order chi connectivity index (χ0) is 23.2. The average molecular weight is 473 g/mol. The van der Waals surface area contributed by atoms with Gasteiger partial charge in [0.05, 0.1) is 25.5 Å². The number of ether oxygens (including phenoxy) is 2. The van der Waals surface area contributed by atoms with Gasteiger partial charge in [0.15, 0.2) is 11.5 Å². The highest BCUT2D eigenvalue weighted by molar-refractivity contribution is 7.98. The van der Waals surface area contributed by atoms with Crippen molar-refractivity contribution in [2.24, 2.45) is 0 Å². The Kier molecular flexibility index (Phi) is 7.19. The molecule has 0 saturated carbocycles. The molecular weight excluding hydrogens is 452 g/mol. The predicted molar refractivity (Wildman–Crippen MR) is 134 cm³/mol. The average Bonchev–Trinajstić information content (AvgIpc) is 2.87. The normalized spacial score (nSPS) is 10.5. The van der Waals surface area contributed by atoms with E-state index >= 15 is 0 Å². The minimum absolute atomic E-state index is 0.513. The van der Waals surface area contributed by atoms with Crippen LogP contribution in [0.15, 0.2) is 83.9 Å². The molecule has 1 heterocycles. The second-order valence-corrected chi connectivity index (χ2v) is 8.53. The molecule has 4 nitrogen and oxygen atoms in total. The van der Waals surface area contributed by atoms with Crippen molar-refractivity contribution in [3.63, 3.8) is 0 Å². The number of methoxy groups -OCH3 is 2. The van der Waals surface area contributed by atoms with Gasteiger partial charge in [0, 0.05) is 21.9 Å². The summed E-state index contributed by atoms with van der Waals surface area (Å²) in [7, 11) is 3.20. The molecule has 6 heteroatoms. The second-order valence-electron chi connectivity index (χ2n) is 7.16. The third kappa shape index (κ3) is 4.98. The minimum Gasteiger partial charge on any atom is -0.493 e. The highest BCUT2D eigenvalue weighted by atomic mass is 35.5. The quantitative estimate of drug-likeness (QED) is 0.265. The molecule has 3 aromatic carbocycles. The van der Waals surface area contributed by atoms with Gasteiger partial charge in [-0.3, -0.25) is 0 Å². The van der Waals surface area contributed by atoms with E-state index in [0.29, 0.717) is 32.9 Å². The standard InChI is InChI=1S/C27H21ClN2O2S/c1-31-25-13-12-19(14-26(25)32-2)21-15-24(18-8-4-3-5-9-18)30-27(22(21)16-29)33-17-20-10-6-7-11-23(20)28/h3-15H,17H2,1-2H3. The first-order valence-electron chi connectivity index (χ1n) is 10.2. The number of hydrogen-bond acceptors (Lipinski definition) is 5. The Labute approximate surface area is 202 Å². The van der Waals surface area contributed by atoms with Crippen LogP contribution in [-0.2, 0) is 5.75 Å². The van der Waals surface area contributed by atoms with Gasteiger partial charge in [0.25, 0.3) is 0 Å². The molecule has 0 aliphatic carbocycles. The van der Waals surface area contributed by atoms with E-state index in [2.05, 4.69) is 6.07 Å². The Morgan fingerprint density at radius 1 is 0.879 bits per heavy atom. The van der Waals surface area contributed by atoms with Crippen molar-refractivity contribution in [1.29, 1.82) is 5.26 Å². The molecule has 4 aromatic rings. The van der Waals surface area contributed by atoms with Crippen LogP contribution in [0.2, 0.25) is 5.02 Å². The lowest BCUT2D eigenvalue weighted by atomic mass is 9.99. The molecule has 0 fully saturated rings. The van der Waals surface area contributed by atoms with E-state index in [9.17, 15) is 5.26 Å². The molecule has 4 rings (SSSR count). The van der Waals surface area contributed by atoms with Crippen LogP contribution >= 0.6 is 23.4 Å². The highest BCUT2D eigenvalue weighted by Crippen LogP contribution is 2.39. The Balaban J connectivity index is 1.85. The van der Waals surface area contributed by atoms with Gasteiger partial charge in [0.2, 0.25) is 0 Å². The molecular formula is C27H21ClN2O2S. The molecule has 0 N–H and O–H groups in total. The molecule has 0 atom stereocenters. The summed E-state index contributed by atoms with van der Waals surface area (Å²) in [5.41, 5.74) is 4.91. The molecule has 33 heavy (non-hydrogen) atoms. The fraction of sp³-hybridized carbons (Fsp3) is 0.111. The van der Waals surface area contributed by atoms with E-state index in [-0.39, 0.29) is 0 Å². The fourth-order valence-electron chi connectivity index (χ4n) is 3.48. The van der Waals surface area contributed by atoms with Crippen LogP contribution < -0.4 is 9.47 Å². The van der Waals surface area contributed by atoms with Crippen molar-refractivity contribution in [2.45, 2.75) is 10.8 Å². The van der Waals surface area contributed by atoms with Gasteiger partial charge in [-0.15, -0.1) is 11.8 Å². The molecule has 0 bridgehead atoms. The Hall–Kier alpha value is -3.46. The van der Waals surface area contributed by atoms with Crippen LogP contribution in [0.4, 0.5) is 0 Å². The number of benzene rings is 3. The summed E-state index contributed by atoms with van der Waals surface area (Å²) in [6, 6.07) is 27.6. The summed E-state index contributed by atoms with van der Waals surface area (Å²) in [5, 5.41) is 11.5. The highest BCUT2D eigenvalue weighted by Gasteiger charge is 2.18. The summed E-state index contributed by atoms with van der Waals surface area (Å²) < 4.78 is 10.9. The van der Waals surface area contributed by atoms with Crippen molar-refractivity contribution in [3.05, 3.63) is 95.0 Å². The van der Waals surface area contributed by atoms with E-state index in [0.717, 1.165) is 27.9 Å². The largest absolute Gasteiger partial charge is 0.493 e. The third-order valence-corrected chi connectivity index (χ3v) is 6.58. The number of halogens is 1. The van der Waals surface area contributed by atoms with Crippen LogP contribution in [-0.4, -0.2) is 19.2 Å². The predicted octanol–water partition coefficient (Wildman–Crippen LogP) is 7.25. The lowest BCUT2D eigenvalue weighted by Crippen LogP contribution is -1.97. The Morgan fingerprint density at radius 3 is 2.30 bits per heavy atom. The molecule has 0 amide bonds. The number of thioether (sulfide) groups is 1. The molecule has 0 aliphatic heterocycles. The molecule has 0 unspecified atom stereocenters. The monoisotopic (exact) mass is 472 g/mol. The maximum absolute atomic E-state index is 10.1. The van der Waals surface area contributed by atoms with Gasteiger partial charge >= 0.3 is 0 Å². The van der Waals surface area contributed by atoms with E-state index in [1.807, 2.05) is 78.9 Å². The molecule has 164 valence electrons. The van der Waals surface area contributed by atoms with Crippen LogP contribution in [0.25, 0.3) is 22.4 Å². The van der Waals surface area contributed by atoms with Crippen LogP contribution in [0.5, 0.6) is 11.5 Å².